The summed E-state index contributed by atoms with van der Waals surface area (Å²) in [5.74, 6) is 0.745. The summed E-state index contributed by atoms with van der Waals surface area (Å²) >= 11 is 0. The van der Waals surface area contributed by atoms with Gasteiger partial charge in [0, 0.05) is 31.9 Å². The normalized spacial score (nSPS) is 18.6. The number of likely N-dealkylation sites (N-methyl/N-ethyl adjacent to an activating group) is 1. The van der Waals surface area contributed by atoms with Crippen molar-refractivity contribution in [2.24, 2.45) is 0 Å². The van der Waals surface area contributed by atoms with Gasteiger partial charge in [-0.05, 0) is 32.9 Å². The van der Waals surface area contributed by atoms with Crippen LogP contribution in [0.25, 0.3) is 0 Å². The van der Waals surface area contributed by atoms with E-state index in [2.05, 4.69) is 4.98 Å². The minimum Gasteiger partial charge on any atom is -0.342 e. The third-order valence-corrected chi connectivity index (χ3v) is 3.63. The Kier molecular flexibility index (Phi) is 3.30. The molecule has 0 aliphatic carbocycles. The molecular weight excluding hydrogens is 242 g/mol. The molecule has 1 amide bonds. The van der Waals surface area contributed by atoms with Crippen LogP contribution in [0.5, 0.6) is 0 Å². The van der Waals surface area contributed by atoms with Gasteiger partial charge in [-0.1, -0.05) is 0 Å². The molecule has 0 radical (unpaired) electrons. The second-order valence-corrected chi connectivity index (χ2v) is 5.40. The first-order chi connectivity index (χ1) is 8.84. The summed E-state index contributed by atoms with van der Waals surface area (Å²) in [6.07, 6.45) is 1.62. The number of carbonyl (C=O) groups is 2. The first-order valence-electron chi connectivity index (χ1n) is 6.34. The van der Waals surface area contributed by atoms with Crippen molar-refractivity contribution in [3.05, 3.63) is 23.9 Å². The molecule has 1 fully saturated rings. The Hall–Kier alpha value is -1.91. The molecule has 2 heterocycles. The molecular formula is C14H19N3O2. The molecule has 0 unspecified atom stereocenters. The lowest BCUT2D eigenvalue weighted by Gasteiger charge is -2.45. The molecule has 0 atom stereocenters. The fourth-order valence-corrected chi connectivity index (χ4v) is 2.40. The Morgan fingerprint density at radius 2 is 2.05 bits per heavy atom. The Bertz CT molecular complexity index is 525. The molecule has 0 spiro atoms. The molecule has 1 saturated heterocycles. The standard InChI is InChI=1S/C14H19N3O2/c1-10(18)11-5-6-15-12(9-11)17-8-7-16(4)13(19)14(17,2)3/h5-6,9H,7-8H2,1-4H3. The van der Waals surface area contributed by atoms with E-state index < -0.39 is 5.54 Å². The number of nitrogens with zero attached hydrogens (tertiary/aromatic N) is 3. The van der Waals surface area contributed by atoms with Gasteiger partial charge in [0.1, 0.15) is 11.4 Å². The van der Waals surface area contributed by atoms with Crippen molar-refractivity contribution in [1.29, 1.82) is 0 Å². The molecule has 0 saturated carbocycles. The van der Waals surface area contributed by atoms with Gasteiger partial charge in [0.05, 0.1) is 0 Å². The zero-order chi connectivity index (χ0) is 14.2. The van der Waals surface area contributed by atoms with Crippen LogP contribution in [-0.2, 0) is 4.79 Å². The number of ketones is 1. The third-order valence-electron chi connectivity index (χ3n) is 3.63. The highest BCUT2D eigenvalue weighted by atomic mass is 16.2. The summed E-state index contributed by atoms with van der Waals surface area (Å²) in [6, 6.07) is 3.44. The molecule has 1 aromatic rings. The van der Waals surface area contributed by atoms with Gasteiger partial charge in [0.25, 0.3) is 0 Å². The quantitative estimate of drug-likeness (QED) is 0.754. The number of hydrogen-bond donors (Lipinski definition) is 0. The lowest BCUT2D eigenvalue weighted by Crippen LogP contribution is -2.62. The zero-order valence-electron chi connectivity index (χ0n) is 11.8. The van der Waals surface area contributed by atoms with E-state index in [0.29, 0.717) is 24.5 Å². The SMILES string of the molecule is CC(=O)c1ccnc(N2CCN(C)C(=O)C2(C)C)c1. The number of anilines is 1. The lowest BCUT2D eigenvalue weighted by molar-refractivity contribution is -0.136. The van der Waals surface area contributed by atoms with Gasteiger partial charge in [0.15, 0.2) is 5.78 Å². The van der Waals surface area contributed by atoms with Crippen LogP contribution in [0.2, 0.25) is 0 Å². The van der Waals surface area contributed by atoms with Gasteiger partial charge < -0.3 is 9.80 Å². The number of carbonyl (C=O) groups excluding carboxylic acids is 2. The van der Waals surface area contributed by atoms with Gasteiger partial charge >= 0.3 is 0 Å². The molecule has 5 heteroatoms. The molecule has 1 aliphatic heterocycles. The lowest BCUT2D eigenvalue weighted by atomic mass is 9.97. The number of Topliss-reactive ketones (excluding diaryl/α,β-unsaturated/α-hetero) is 1. The number of pyridine rings is 1. The predicted octanol–water partition coefficient (Wildman–Crippen LogP) is 1.34. The number of piperazine rings is 1. The largest absolute Gasteiger partial charge is 0.342 e. The van der Waals surface area contributed by atoms with Gasteiger partial charge in [0.2, 0.25) is 5.91 Å². The highest BCUT2D eigenvalue weighted by Gasteiger charge is 2.41. The van der Waals surface area contributed by atoms with Gasteiger partial charge in [-0.15, -0.1) is 0 Å². The topological polar surface area (TPSA) is 53.5 Å². The van der Waals surface area contributed by atoms with Crippen LogP contribution in [0.3, 0.4) is 0 Å². The van der Waals surface area contributed by atoms with E-state index in [1.807, 2.05) is 18.7 Å². The van der Waals surface area contributed by atoms with Gasteiger partial charge in [-0.2, -0.15) is 0 Å². The van der Waals surface area contributed by atoms with E-state index in [4.69, 9.17) is 0 Å². The average molecular weight is 261 g/mol. The molecule has 1 aliphatic rings. The van der Waals surface area contributed by atoms with E-state index >= 15 is 0 Å². The molecule has 1 aromatic heterocycles. The summed E-state index contributed by atoms with van der Waals surface area (Å²) < 4.78 is 0. The number of rotatable bonds is 2. The van der Waals surface area contributed by atoms with Crippen LogP contribution in [0.1, 0.15) is 31.1 Å². The monoisotopic (exact) mass is 261 g/mol. The van der Waals surface area contributed by atoms with Crippen LogP contribution in [0.15, 0.2) is 18.3 Å². The predicted molar refractivity (Wildman–Crippen MR) is 73.3 cm³/mol. The maximum atomic E-state index is 12.2. The maximum Gasteiger partial charge on any atom is 0.247 e. The molecule has 0 aromatic carbocycles. The fraction of sp³-hybridized carbons (Fsp3) is 0.500. The maximum absolute atomic E-state index is 12.2. The molecule has 0 bridgehead atoms. The summed E-state index contributed by atoms with van der Waals surface area (Å²) in [7, 11) is 1.81. The minimum atomic E-state index is -0.643. The molecule has 102 valence electrons. The van der Waals surface area contributed by atoms with Crippen LogP contribution in [0.4, 0.5) is 5.82 Å². The van der Waals surface area contributed by atoms with Crippen molar-refractivity contribution in [2.45, 2.75) is 26.3 Å². The smallest absolute Gasteiger partial charge is 0.247 e. The van der Waals surface area contributed by atoms with E-state index in [-0.39, 0.29) is 11.7 Å². The van der Waals surface area contributed by atoms with Crippen molar-refractivity contribution >= 4 is 17.5 Å². The first kappa shape index (κ1) is 13.5. The fourth-order valence-electron chi connectivity index (χ4n) is 2.40. The van der Waals surface area contributed by atoms with Crippen molar-refractivity contribution in [3.8, 4) is 0 Å². The van der Waals surface area contributed by atoms with Crippen LogP contribution < -0.4 is 4.90 Å². The number of hydrogen-bond acceptors (Lipinski definition) is 4. The highest BCUT2D eigenvalue weighted by molar-refractivity contribution is 5.95. The van der Waals surface area contributed by atoms with Crippen molar-refractivity contribution in [1.82, 2.24) is 9.88 Å². The second kappa shape index (κ2) is 4.64. The molecule has 5 nitrogen and oxygen atoms in total. The third kappa shape index (κ3) is 2.32. The van der Waals surface area contributed by atoms with Crippen molar-refractivity contribution < 1.29 is 9.59 Å². The average Bonchev–Trinajstić information content (AvgIpc) is 2.36. The summed E-state index contributed by atoms with van der Waals surface area (Å²) in [6.45, 7) is 6.66. The Labute approximate surface area is 113 Å². The van der Waals surface area contributed by atoms with Crippen LogP contribution in [-0.4, -0.2) is 47.3 Å². The molecule has 0 N–H and O–H groups in total. The Morgan fingerprint density at radius 1 is 1.37 bits per heavy atom. The van der Waals surface area contributed by atoms with Crippen LogP contribution in [0, 0.1) is 0 Å². The number of aromatic nitrogens is 1. The summed E-state index contributed by atoms with van der Waals surface area (Å²) in [5, 5.41) is 0. The van der Waals surface area contributed by atoms with Crippen molar-refractivity contribution in [3.63, 3.8) is 0 Å². The van der Waals surface area contributed by atoms with E-state index in [9.17, 15) is 9.59 Å². The molecule has 2 rings (SSSR count). The van der Waals surface area contributed by atoms with Gasteiger partial charge in [-0.25, -0.2) is 4.98 Å². The summed E-state index contributed by atoms with van der Waals surface area (Å²) in [5.41, 5.74) is -0.0257. The van der Waals surface area contributed by atoms with E-state index in [0.717, 1.165) is 0 Å². The second-order valence-electron chi connectivity index (χ2n) is 5.40. The Morgan fingerprint density at radius 3 is 2.68 bits per heavy atom. The minimum absolute atomic E-state index is 0.00177. The Balaban J connectivity index is 2.38. The van der Waals surface area contributed by atoms with E-state index in [1.54, 1.807) is 30.3 Å². The van der Waals surface area contributed by atoms with Crippen LogP contribution >= 0.6 is 0 Å². The van der Waals surface area contributed by atoms with E-state index in [1.165, 1.54) is 6.92 Å². The molecule has 19 heavy (non-hydrogen) atoms. The zero-order valence-corrected chi connectivity index (χ0v) is 11.8. The van der Waals surface area contributed by atoms with Gasteiger partial charge in [-0.3, -0.25) is 9.59 Å². The highest BCUT2D eigenvalue weighted by Crippen LogP contribution is 2.27. The van der Waals surface area contributed by atoms with Crippen molar-refractivity contribution in [2.75, 3.05) is 25.0 Å². The number of amides is 1. The summed E-state index contributed by atoms with van der Waals surface area (Å²) in [4.78, 5) is 31.7. The first-order valence-corrected chi connectivity index (χ1v) is 6.34.